The SMILES string of the molecule is Cc1cccc(OCc2ccc(C(=O)Nc3c(C)nn(Cc4ccc(F)cc4Cl)c3C)o2)c1. The summed E-state index contributed by atoms with van der Waals surface area (Å²) in [7, 11) is 0. The van der Waals surface area contributed by atoms with Gasteiger partial charge in [0, 0.05) is 5.02 Å². The predicted molar refractivity (Wildman–Crippen MR) is 124 cm³/mol. The number of amides is 1. The summed E-state index contributed by atoms with van der Waals surface area (Å²) in [6, 6.07) is 15.3. The Labute approximate surface area is 195 Å². The molecule has 170 valence electrons. The Hall–Kier alpha value is -3.58. The van der Waals surface area contributed by atoms with Crippen LogP contribution in [0.2, 0.25) is 5.02 Å². The van der Waals surface area contributed by atoms with Crippen molar-refractivity contribution in [3.05, 3.63) is 99.5 Å². The lowest BCUT2D eigenvalue weighted by atomic mass is 10.2. The van der Waals surface area contributed by atoms with Gasteiger partial charge in [0.15, 0.2) is 5.76 Å². The summed E-state index contributed by atoms with van der Waals surface area (Å²) >= 11 is 6.14. The number of ether oxygens (including phenoxy) is 1. The number of nitrogens with one attached hydrogen (secondary N) is 1. The molecule has 2 aromatic heterocycles. The van der Waals surface area contributed by atoms with Gasteiger partial charge < -0.3 is 14.5 Å². The number of benzene rings is 2. The van der Waals surface area contributed by atoms with E-state index in [0.717, 1.165) is 22.6 Å². The minimum Gasteiger partial charge on any atom is -0.486 e. The number of aromatic nitrogens is 2. The van der Waals surface area contributed by atoms with Crippen molar-refractivity contribution in [2.45, 2.75) is 33.9 Å². The maximum absolute atomic E-state index is 13.3. The third-order valence-electron chi connectivity index (χ3n) is 5.21. The van der Waals surface area contributed by atoms with Crippen LogP contribution in [0.25, 0.3) is 0 Å². The third-order valence-corrected chi connectivity index (χ3v) is 5.56. The number of furan rings is 1. The van der Waals surface area contributed by atoms with Crippen LogP contribution >= 0.6 is 11.6 Å². The van der Waals surface area contributed by atoms with Gasteiger partial charge in [-0.3, -0.25) is 9.48 Å². The van der Waals surface area contributed by atoms with Crippen molar-refractivity contribution >= 4 is 23.2 Å². The Kier molecular flexibility index (Phi) is 6.51. The van der Waals surface area contributed by atoms with Gasteiger partial charge in [-0.2, -0.15) is 5.10 Å². The van der Waals surface area contributed by atoms with Crippen LogP contribution in [0, 0.1) is 26.6 Å². The summed E-state index contributed by atoms with van der Waals surface area (Å²) in [6.07, 6.45) is 0. The Balaban J connectivity index is 1.43. The average molecular weight is 468 g/mol. The molecule has 0 fully saturated rings. The number of anilines is 1. The smallest absolute Gasteiger partial charge is 0.291 e. The summed E-state index contributed by atoms with van der Waals surface area (Å²) in [4.78, 5) is 12.8. The highest BCUT2D eigenvalue weighted by Crippen LogP contribution is 2.24. The molecule has 0 saturated carbocycles. The standard InChI is InChI=1S/C25H23ClFN3O3/c1-15-5-4-6-20(11-15)32-14-21-9-10-23(33-21)25(31)28-24-16(2)29-30(17(24)3)13-18-7-8-19(27)12-22(18)26/h4-12H,13-14H2,1-3H3,(H,28,31). The van der Waals surface area contributed by atoms with E-state index in [1.165, 1.54) is 12.1 Å². The minimum atomic E-state index is -0.396. The van der Waals surface area contributed by atoms with Crippen molar-refractivity contribution < 1.29 is 18.3 Å². The Morgan fingerprint density at radius 2 is 1.97 bits per heavy atom. The van der Waals surface area contributed by atoms with Crippen LogP contribution in [0.5, 0.6) is 5.75 Å². The maximum atomic E-state index is 13.3. The van der Waals surface area contributed by atoms with Gasteiger partial charge in [0.05, 0.1) is 23.6 Å². The van der Waals surface area contributed by atoms with Crippen LogP contribution in [0.1, 0.15) is 38.8 Å². The van der Waals surface area contributed by atoms with E-state index >= 15 is 0 Å². The fourth-order valence-electron chi connectivity index (χ4n) is 3.46. The maximum Gasteiger partial charge on any atom is 0.291 e. The zero-order chi connectivity index (χ0) is 23.5. The minimum absolute atomic E-state index is 0.172. The molecule has 0 aliphatic rings. The number of halogens is 2. The van der Waals surface area contributed by atoms with Crippen molar-refractivity contribution in [2.75, 3.05) is 5.32 Å². The van der Waals surface area contributed by atoms with E-state index in [9.17, 15) is 9.18 Å². The molecule has 33 heavy (non-hydrogen) atoms. The quantitative estimate of drug-likeness (QED) is 0.358. The van der Waals surface area contributed by atoms with E-state index < -0.39 is 5.82 Å². The second kappa shape index (κ2) is 9.50. The van der Waals surface area contributed by atoms with E-state index in [1.807, 2.05) is 38.1 Å². The number of hydrogen-bond donors (Lipinski definition) is 1. The van der Waals surface area contributed by atoms with Crippen LogP contribution in [0.4, 0.5) is 10.1 Å². The molecule has 0 bridgehead atoms. The van der Waals surface area contributed by atoms with Crippen LogP contribution < -0.4 is 10.1 Å². The zero-order valence-corrected chi connectivity index (χ0v) is 19.2. The fourth-order valence-corrected chi connectivity index (χ4v) is 3.68. The van der Waals surface area contributed by atoms with Crippen molar-refractivity contribution in [3.63, 3.8) is 0 Å². The average Bonchev–Trinajstić information content (AvgIpc) is 3.35. The number of rotatable bonds is 7. The monoisotopic (exact) mass is 467 g/mol. The lowest BCUT2D eigenvalue weighted by molar-refractivity contribution is 0.0992. The summed E-state index contributed by atoms with van der Waals surface area (Å²) in [5.41, 5.74) is 3.81. The zero-order valence-electron chi connectivity index (χ0n) is 18.5. The van der Waals surface area contributed by atoms with Gasteiger partial charge in [-0.25, -0.2) is 4.39 Å². The Morgan fingerprint density at radius 3 is 2.73 bits per heavy atom. The van der Waals surface area contributed by atoms with Crippen molar-refractivity contribution in [1.82, 2.24) is 9.78 Å². The fraction of sp³-hybridized carbons (Fsp3) is 0.200. The van der Waals surface area contributed by atoms with Crippen molar-refractivity contribution in [1.29, 1.82) is 0 Å². The number of aryl methyl sites for hydroxylation is 2. The second-order valence-electron chi connectivity index (χ2n) is 7.76. The van der Waals surface area contributed by atoms with Gasteiger partial charge in [0.2, 0.25) is 0 Å². The molecule has 1 amide bonds. The predicted octanol–water partition coefficient (Wildman–Crippen LogP) is 6.07. The molecule has 0 radical (unpaired) electrons. The number of carbonyl (C=O) groups excluding carboxylic acids is 1. The molecule has 1 N–H and O–H groups in total. The lowest BCUT2D eigenvalue weighted by Crippen LogP contribution is -2.12. The van der Waals surface area contributed by atoms with Gasteiger partial charge in [-0.15, -0.1) is 0 Å². The topological polar surface area (TPSA) is 69.3 Å². The molecule has 6 nitrogen and oxygen atoms in total. The molecule has 0 atom stereocenters. The molecule has 0 aliphatic carbocycles. The molecule has 4 aromatic rings. The van der Waals surface area contributed by atoms with E-state index in [4.69, 9.17) is 20.8 Å². The normalized spacial score (nSPS) is 10.9. The molecule has 0 saturated heterocycles. The van der Waals surface area contributed by atoms with Gasteiger partial charge in [0.1, 0.15) is 23.9 Å². The van der Waals surface area contributed by atoms with Crippen LogP contribution in [-0.4, -0.2) is 15.7 Å². The Morgan fingerprint density at radius 1 is 1.15 bits per heavy atom. The van der Waals surface area contributed by atoms with Gasteiger partial charge >= 0.3 is 0 Å². The molecule has 8 heteroatoms. The van der Waals surface area contributed by atoms with E-state index in [-0.39, 0.29) is 18.3 Å². The first-order chi connectivity index (χ1) is 15.8. The van der Waals surface area contributed by atoms with E-state index in [1.54, 1.807) is 29.8 Å². The highest BCUT2D eigenvalue weighted by Gasteiger charge is 2.18. The summed E-state index contributed by atoms with van der Waals surface area (Å²) in [6.45, 7) is 6.20. The molecular formula is C25H23ClFN3O3. The van der Waals surface area contributed by atoms with Gasteiger partial charge in [-0.05, 0) is 68.3 Å². The largest absolute Gasteiger partial charge is 0.486 e. The molecule has 0 unspecified atom stereocenters. The van der Waals surface area contributed by atoms with Gasteiger partial charge in [0.25, 0.3) is 5.91 Å². The number of nitrogens with zero attached hydrogens (tertiary/aromatic N) is 2. The van der Waals surface area contributed by atoms with Crippen LogP contribution in [0.3, 0.4) is 0 Å². The molecule has 0 aliphatic heterocycles. The van der Waals surface area contributed by atoms with Gasteiger partial charge in [-0.1, -0.05) is 29.8 Å². The summed E-state index contributed by atoms with van der Waals surface area (Å²) in [5, 5.41) is 7.68. The first-order valence-corrected chi connectivity index (χ1v) is 10.8. The van der Waals surface area contributed by atoms with Crippen molar-refractivity contribution in [3.8, 4) is 5.75 Å². The second-order valence-corrected chi connectivity index (χ2v) is 8.17. The first kappa shape index (κ1) is 22.6. The first-order valence-electron chi connectivity index (χ1n) is 10.4. The lowest BCUT2D eigenvalue weighted by Gasteiger charge is -2.08. The molecule has 4 rings (SSSR count). The van der Waals surface area contributed by atoms with Crippen LogP contribution in [-0.2, 0) is 13.2 Å². The summed E-state index contributed by atoms with van der Waals surface area (Å²) < 4.78 is 26.4. The number of hydrogen-bond acceptors (Lipinski definition) is 4. The van der Waals surface area contributed by atoms with E-state index in [0.29, 0.717) is 28.7 Å². The highest BCUT2D eigenvalue weighted by molar-refractivity contribution is 6.31. The Bertz CT molecular complexity index is 1310. The van der Waals surface area contributed by atoms with Crippen LogP contribution in [0.15, 0.2) is 59.0 Å². The van der Waals surface area contributed by atoms with Crippen molar-refractivity contribution in [2.24, 2.45) is 0 Å². The molecular weight excluding hydrogens is 445 g/mol. The summed E-state index contributed by atoms with van der Waals surface area (Å²) in [5.74, 6) is 0.662. The highest BCUT2D eigenvalue weighted by atomic mass is 35.5. The number of carbonyl (C=O) groups is 1. The molecule has 2 aromatic carbocycles. The van der Waals surface area contributed by atoms with E-state index in [2.05, 4.69) is 10.4 Å². The molecule has 2 heterocycles. The molecule has 0 spiro atoms. The third kappa shape index (κ3) is 5.26.